The first-order chi connectivity index (χ1) is 14.2. The Morgan fingerprint density at radius 2 is 2.14 bits per heavy atom. The molecule has 1 unspecified atom stereocenters. The molecule has 0 aromatic carbocycles. The Balaban J connectivity index is 1.44. The number of nitrogens with zero attached hydrogens (tertiary/aromatic N) is 5. The average molecular weight is 388 g/mol. The number of pyridine rings is 1. The van der Waals surface area contributed by atoms with E-state index in [0.29, 0.717) is 5.95 Å². The number of fused-ring (bicyclic) bond motifs is 1. The monoisotopic (exact) mass is 388 g/mol. The summed E-state index contributed by atoms with van der Waals surface area (Å²) in [5.41, 5.74) is 13.1. The highest BCUT2D eigenvalue weighted by atomic mass is 16.5. The van der Waals surface area contributed by atoms with Gasteiger partial charge in [0, 0.05) is 53.4 Å². The van der Waals surface area contributed by atoms with Crippen LogP contribution in [-0.4, -0.2) is 37.4 Å². The number of ether oxygens (including phenoxy) is 1. The summed E-state index contributed by atoms with van der Waals surface area (Å²) in [7, 11) is 0. The third-order valence-electron chi connectivity index (χ3n) is 5.58. The number of nitrogens with two attached hydrogens (primary N) is 1. The molecule has 0 amide bonds. The quantitative estimate of drug-likeness (QED) is 0.722. The van der Waals surface area contributed by atoms with Gasteiger partial charge in [0.1, 0.15) is 0 Å². The number of nitrogen functional groups attached to an aromatic ring is 1. The summed E-state index contributed by atoms with van der Waals surface area (Å²) in [4.78, 5) is 13.5. The minimum absolute atomic E-state index is 0.270. The van der Waals surface area contributed by atoms with Gasteiger partial charge in [-0.3, -0.25) is 9.67 Å². The van der Waals surface area contributed by atoms with Crippen molar-refractivity contribution < 1.29 is 4.74 Å². The van der Waals surface area contributed by atoms with Gasteiger partial charge in [-0.15, -0.1) is 0 Å². The number of hydrogen-bond donors (Lipinski definition) is 1. The van der Waals surface area contributed by atoms with Gasteiger partial charge in [-0.1, -0.05) is 13.0 Å². The van der Waals surface area contributed by atoms with Crippen LogP contribution in [0.3, 0.4) is 0 Å². The molecule has 1 atom stereocenters. The Labute approximate surface area is 169 Å². The van der Waals surface area contributed by atoms with Gasteiger partial charge in [-0.2, -0.15) is 5.10 Å². The maximum Gasteiger partial charge on any atom is 0.220 e. The Morgan fingerprint density at radius 1 is 1.21 bits per heavy atom. The zero-order chi connectivity index (χ0) is 19.8. The van der Waals surface area contributed by atoms with Crippen LogP contribution in [0.2, 0.25) is 0 Å². The van der Waals surface area contributed by atoms with Crippen LogP contribution in [0.5, 0.6) is 0 Å². The van der Waals surface area contributed by atoms with E-state index in [9.17, 15) is 0 Å². The molecule has 2 aliphatic rings. The highest BCUT2D eigenvalue weighted by Gasteiger charge is 2.21. The smallest absolute Gasteiger partial charge is 0.220 e. The van der Waals surface area contributed by atoms with Gasteiger partial charge < -0.3 is 10.5 Å². The van der Waals surface area contributed by atoms with Crippen molar-refractivity contribution in [1.82, 2.24) is 24.7 Å². The Morgan fingerprint density at radius 3 is 2.97 bits per heavy atom. The Kier molecular flexibility index (Phi) is 4.60. The molecule has 1 fully saturated rings. The van der Waals surface area contributed by atoms with E-state index in [4.69, 9.17) is 15.5 Å². The molecule has 5 rings (SSSR count). The lowest BCUT2D eigenvalue weighted by Crippen LogP contribution is -2.14. The lowest BCUT2D eigenvalue weighted by Gasteiger charge is -2.09. The fraction of sp³-hybridized carbons (Fsp3) is 0.364. The van der Waals surface area contributed by atoms with Crippen molar-refractivity contribution in [1.29, 1.82) is 0 Å². The van der Waals surface area contributed by atoms with Crippen LogP contribution in [0.1, 0.15) is 42.4 Å². The number of hydrogen-bond acceptors (Lipinski definition) is 6. The van der Waals surface area contributed by atoms with Crippen LogP contribution in [0.15, 0.2) is 36.8 Å². The number of anilines is 1. The van der Waals surface area contributed by atoms with Crippen molar-refractivity contribution in [3.05, 3.63) is 59.4 Å². The molecule has 4 heterocycles. The molecule has 0 bridgehead atoms. The van der Waals surface area contributed by atoms with Crippen LogP contribution in [0.25, 0.3) is 16.7 Å². The summed E-state index contributed by atoms with van der Waals surface area (Å²) in [6, 6.07) is 4.20. The van der Waals surface area contributed by atoms with Crippen molar-refractivity contribution in [2.24, 2.45) is 0 Å². The summed E-state index contributed by atoms with van der Waals surface area (Å²) < 4.78 is 7.69. The molecule has 0 radical (unpaired) electrons. The Bertz CT molecular complexity index is 1080. The molecule has 1 aliphatic heterocycles. The van der Waals surface area contributed by atoms with Crippen molar-refractivity contribution in [2.45, 2.75) is 45.3 Å². The van der Waals surface area contributed by atoms with Gasteiger partial charge in [0.25, 0.3) is 0 Å². The number of aromatic nitrogens is 5. The first-order valence-electron chi connectivity index (χ1n) is 10.2. The highest BCUT2D eigenvalue weighted by Crippen LogP contribution is 2.34. The zero-order valence-corrected chi connectivity index (χ0v) is 16.5. The molecular formula is C22H24N6O. The minimum atomic E-state index is 0.270. The molecule has 2 N–H and O–H groups in total. The average Bonchev–Trinajstić information content (AvgIpc) is 3.48. The summed E-state index contributed by atoms with van der Waals surface area (Å²) >= 11 is 0. The van der Waals surface area contributed by atoms with Gasteiger partial charge in [0.15, 0.2) is 0 Å². The predicted octanol–water partition coefficient (Wildman–Crippen LogP) is 3.05. The fourth-order valence-corrected chi connectivity index (χ4v) is 4.04. The zero-order valence-electron chi connectivity index (χ0n) is 16.5. The van der Waals surface area contributed by atoms with E-state index in [2.05, 4.69) is 40.3 Å². The molecule has 148 valence electrons. The molecule has 3 aromatic rings. The second-order valence-electron chi connectivity index (χ2n) is 7.58. The van der Waals surface area contributed by atoms with Crippen LogP contribution in [0, 0.1) is 0 Å². The summed E-state index contributed by atoms with van der Waals surface area (Å²) in [6.07, 6.45) is 12.2. The van der Waals surface area contributed by atoms with Crippen molar-refractivity contribution in [3.63, 3.8) is 0 Å². The van der Waals surface area contributed by atoms with Gasteiger partial charge in [0.05, 0.1) is 30.2 Å². The van der Waals surface area contributed by atoms with Crippen LogP contribution in [-0.2, 0) is 24.1 Å². The highest BCUT2D eigenvalue weighted by molar-refractivity contribution is 5.84. The van der Waals surface area contributed by atoms with Crippen molar-refractivity contribution in [2.75, 3.05) is 12.3 Å². The molecule has 0 spiro atoms. The molecule has 7 heteroatoms. The first kappa shape index (κ1) is 18.0. The maximum atomic E-state index is 5.93. The van der Waals surface area contributed by atoms with Gasteiger partial charge in [-0.05, 0) is 31.4 Å². The molecule has 0 saturated carbocycles. The number of allylic oxidation sites excluding steroid dienone is 1. The lowest BCUT2D eigenvalue weighted by atomic mass is 10.0. The fourth-order valence-electron chi connectivity index (χ4n) is 4.04. The van der Waals surface area contributed by atoms with E-state index in [0.717, 1.165) is 78.2 Å². The summed E-state index contributed by atoms with van der Waals surface area (Å²) in [6.45, 7) is 3.72. The van der Waals surface area contributed by atoms with E-state index in [1.807, 2.05) is 23.1 Å². The molecule has 1 saturated heterocycles. The largest absolute Gasteiger partial charge is 0.376 e. The summed E-state index contributed by atoms with van der Waals surface area (Å²) in [5, 5.41) is 4.52. The van der Waals surface area contributed by atoms with Gasteiger partial charge in [-0.25, -0.2) is 9.97 Å². The molecule has 7 nitrogen and oxygen atoms in total. The van der Waals surface area contributed by atoms with Crippen LogP contribution in [0.4, 0.5) is 5.95 Å². The molecule has 3 aromatic heterocycles. The topological polar surface area (TPSA) is 91.7 Å². The second kappa shape index (κ2) is 7.40. The predicted molar refractivity (Wildman–Crippen MR) is 111 cm³/mol. The van der Waals surface area contributed by atoms with E-state index >= 15 is 0 Å². The van der Waals surface area contributed by atoms with Gasteiger partial charge in [0.2, 0.25) is 5.95 Å². The van der Waals surface area contributed by atoms with Gasteiger partial charge >= 0.3 is 0 Å². The third kappa shape index (κ3) is 3.53. The Hall–Kier alpha value is -3.06. The second-order valence-corrected chi connectivity index (χ2v) is 7.58. The lowest BCUT2D eigenvalue weighted by molar-refractivity contribution is 0.0940. The van der Waals surface area contributed by atoms with Crippen molar-refractivity contribution in [3.8, 4) is 11.1 Å². The molecular weight excluding hydrogens is 364 g/mol. The van der Waals surface area contributed by atoms with Crippen LogP contribution < -0.4 is 5.73 Å². The van der Waals surface area contributed by atoms with E-state index in [-0.39, 0.29) is 6.10 Å². The number of aryl methyl sites for hydroxylation is 1. The number of rotatable bonds is 5. The van der Waals surface area contributed by atoms with E-state index in [1.54, 1.807) is 0 Å². The van der Waals surface area contributed by atoms with Crippen molar-refractivity contribution >= 4 is 11.5 Å². The summed E-state index contributed by atoms with van der Waals surface area (Å²) in [5.74, 6) is 0.313. The molecule has 1 aliphatic carbocycles. The maximum absolute atomic E-state index is 5.93. The van der Waals surface area contributed by atoms with Crippen LogP contribution >= 0.6 is 0 Å². The standard InChI is InChI=1S/C22H24N6O/c1-2-16-9-21(27-22(23)26-16)18-5-6-20-19(18)8-14(10-24-20)15-11-25-28(12-15)13-17-4-3-7-29-17/h5,8-12,17H,2-4,6-7,13H2,1H3,(H2,23,26,27). The molecule has 29 heavy (non-hydrogen) atoms. The van der Waals surface area contributed by atoms with E-state index < -0.39 is 0 Å². The first-order valence-corrected chi connectivity index (χ1v) is 10.2. The minimum Gasteiger partial charge on any atom is -0.376 e. The normalized spacial score (nSPS) is 18.1. The third-order valence-corrected chi connectivity index (χ3v) is 5.58. The van der Waals surface area contributed by atoms with E-state index in [1.165, 1.54) is 0 Å². The SMILES string of the molecule is CCc1cc(C2=CCc3ncc(-c4cnn(CC5CCCO5)c4)cc32)nc(N)n1.